The number of alkyl halides is 3. The minimum Gasteiger partial charge on any atom is -0.497 e. The highest BCUT2D eigenvalue weighted by Gasteiger charge is 2.35. The largest absolute Gasteiger partial charge is 0.497 e. The Labute approximate surface area is 330 Å². The molecule has 0 amide bonds. The fourth-order valence-corrected chi connectivity index (χ4v) is 6.46. The van der Waals surface area contributed by atoms with Crippen molar-refractivity contribution in [3.63, 3.8) is 0 Å². The second-order valence-electron chi connectivity index (χ2n) is 12.0. The summed E-state index contributed by atoms with van der Waals surface area (Å²) in [6.07, 6.45) is 2.62. The number of nitrogens with zero attached hydrogens (tertiary/aromatic N) is 1. The van der Waals surface area contributed by atoms with Crippen molar-refractivity contribution in [1.29, 1.82) is 0 Å². The van der Waals surface area contributed by atoms with E-state index in [1.807, 2.05) is 66.9 Å². The van der Waals surface area contributed by atoms with Crippen LogP contribution in [0.3, 0.4) is 0 Å². The van der Waals surface area contributed by atoms with Crippen LogP contribution < -0.4 is 33.2 Å². The maximum Gasteiger partial charge on any atom is 0.319 e. The molecule has 0 radical (unpaired) electrons. The Balaban J connectivity index is 1.87. The monoisotopic (exact) mass is 797 g/mol. The molecule has 10 nitrogen and oxygen atoms in total. The normalized spacial score (nSPS) is 11.7. The summed E-state index contributed by atoms with van der Waals surface area (Å²) in [5.74, 6) is 2.04. The topological polar surface area (TPSA) is 95.8 Å². The first-order chi connectivity index (χ1) is 26.0. The number of aryl methyl sites for hydroxylation is 2. The van der Waals surface area contributed by atoms with Gasteiger partial charge in [-0.2, -0.15) is 0 Å². The van der Waals surface area contributed by atoms with Gasteiger partial charge in [-0.25, -0.2) is 0 Å². The van der Waals surface area contributed by atoms with Crippen molar-refractivity contribution in [3.05, 3.63) is 102 Å². The summed E-state index contributed by atoms with van der Waals surface area (Å²) in [5.41, 5.74) is 5.22. The van der Waals surface area contributed by atoms with Crippen LogP contribution in [-0.2, 0) is 22.5 Å². The van der Waals surface area contributed by atoms with Crippen molar-refractivity contribution < 1.29 is 42.7 Å². The lowest BCUT2D eigenvalue weighted by atomic mass is 9.87. The number of hydrogen-bond acceptors (Lipinski definition) is 9. The van der Waals surface area contributed by atoms with Crippen LogP contribution in [0.2, 0.25) is 0 Å². The molecule has 0 aliphatic carbocycles. The molecule has 5 rings (SSSR count). The molecule has 4 aromatic carbocycles. The average Bonchev–Trinajstić information content (AvgIpc) is 3.57. The van der Waals surface area contributed by atoms with Gasteiger partial charge in [0.15, 0.2) is 34.5 Å². The number of carbonyl (C=O) groups excluding carboxylic acids is 1. The number of benzene rings is 4. The van der Waals surface area contributed by atoms with E-state index in [-0.39, 0.29) is 0 Å². The smallest absolute Gasteiger partial charge is 0.319 e. The van der Waals surface area contributed by atoms with Crippen molar-refractivity contribution in [2.24, 2.45) is 0 Å². The second kappa shape index (κ2) is 18.0. The van der Waals surface area contributed by atoms with E-state index in [1.54, 1.807) is 60.9 Å². The van der Waals surface area contributed by atoms with Gasteiger partial charge in [0.25, 0.3) is 0 Å². The zero-order chi connectivity index (χ0) is 39.0. The number of methoxy groups -OCH3 is 7. The predicted molar refractivity (Wildman–Crippen MR) is 211 cm³/mol. The first kappa shape index (κ1) is 40.3. The summed E-state index contributed by atoms with van der Waals surface area (Å²) >= 11 is 18.3. The van der Waals surface area contributed by atoms with Gasteiger partial charge in [-0.15, -0.1) is 0 Å². The standard InChI is InChI=1S/C41H42Cl3NO9/c1-47-29-13-8-25(9-14-29)18-19-45-23-30(26-10-15-31(48-2)34(20-26)51-5)37(27-11-16-32(49-3)35(21-27)52-6)39(45)38(40(46)54-24-41(42,43)44)28-12-17-33(50-4)36(22-28)53-7/h8-17,20-23,38H,18-19,24H2,1-7H3. The first-order valence-electron chi connectivity index (χ1n) is 16.7. The van der Waals surface area contributed by atoms with E-state index in [1.165, 1.54) is 7.11 Å². The predicted octanol–water partition coefficient (Wildman–Crippen LogP) is 9.17. The van der Waals surface area contributed by atoms with Crippen molar-refractivity contribution in [1.82, 2.24) is 4.57 Å². The average molecular weight is 799 g/mol. The molecule has 0 aliphatic rings. The molecule has 54 heavy (non-hydrogen) atoms. The molecule has 0 N–H and O–H groups in total. The van der Waals surface area contributed by atoms with Gasteiger partial charge in [0.05, 0.1) is 49.8 Å². The van der Waals surface area contributed by atoms with Gasteiger partial charge < -0.3 is 42.5 Å². The fourth-order valence-electron chi connectivity index (χ4n) is 6.30. The number of hydrogen-bond donors (Lipinski definition) is 0. The SMILES string of the molecule is COc1ccc(CCn2cc(-c3ccc(OC)c(OC)c3)c(-c3ccc(OC)c(OC)c3)c2C(C(=O)OCC(Cl)(Cl)Cl)c2ccc(OC)c(OC)c2)cc1. The van der Waals surface area contributed by atoms with Crippen LogP contribution in [0, 0.1) is 0 Å². The quantitative estimate of drug-likeness (QED) is 0.0716. The zero-order valence-corrected chi connectivity index (χ0v) is 33.3. The van der Waals surface area contributed by atoms with Gasteiger partial charge in [0.1, 0.15) is 18.3 Å². The minimum atomic E-state index is -1.86. The number of esters is 1. The van der Waals surface area contributed by atoms with Gasteiger partial charge in [0, 0.05) is 29.6 Å². The Bertz CT molecular complexity index is 2060. The zero-order valence-electron chi connectivity index (χ0n) is 31.0. The molecule has 1 atom stereocenters. The molecule has 1 heterocycles. The summed E-state index contributed by atoms with van der Waals surface area (Å²) in [5, 5.41) is 0. The van der Waals surface area contributed by atoms with Gasteiger partial charge in [0.2, 0.25) is 3.79 Å². The third-order valence-corrected chi connectivity index (χ3v) is 9.24. The number of carbonyl (C=O) groups is 1. The highest BCUT2D eigenvalue weighted by molar-refractivity contribution is 6.67. The van der Waals surface area contributed by atoms with Gasteiger partial charge >= 0.3 is 5.97 Å². The number of rotatable bonds is 16. The summed E-state index contributed by atoms with van der Waals surface area (Å²) in [7, 11) is 11.0. The van der Waals surface area contributed by atoms with Crippen LogP contribution in [0.4, 0.5) is 0 Å². The molecule has 0 saturated heterocycles. The molecule has 1 unspecified atom stereocenters. The van der Waals surface area contributed by atoms with Crippen LogP contribution in [0.1, 0.15) is 22.7 Å². The molecule has 0 fully saturated rings. The van der Waals surface area contributed by atoms with Crippen molar-refractivity contribution in [3.8, 4) is 62.5 Å². The van der Waals surface area contributed by atoms with Gasteiger partial charge in [-0.05, 0) is 77.2 Å². The molecule has 0 saturated carbocycles. The van der Waals surface area contributed by atoms with E-state index < -0.39 is 22.3 Å². The third kappa shape index (κ3) is 9.06. The third-order valence-electron chi connectivity index (χ3n) is 8.92. The molecule has 286 valence electrons. The molecular weight excluding hydrogens is 757 g/mol. The highest BCUT2D eigenvalue weighted by Crippen LogP contribution is 2.47. The van der Waals surface area contributed by atoms with Crippen LogP contribution in [0.25, 0.3) is 22.3 Å². The van der Waals surface area contributed by atoms with Gasteiger partial charge in [-0.1, -0.05) is 65.1 Å². The van der Waals surface area contributed by atoms with Crippen LogP contribution in [0.5, 0.6) is 40.2 Å². The summed E-state index contributed by atoms with van der Waals surface area (Å²) in [6.45, 7) is -0.0299. The summed E-state index contributed by atoms with van der Waals surface area (Å²) in [6, 6.07) is 24.4. The van der Waals surface area contributed by atoms with E-state index in [4.69, 9.17) is 72.7 Å². The van der Waals surface area contributed by atoms with Crippen molar-refractivity contribution in [2.75, 3.05) is 56.4 Å². The van der Waals surface area contributed by atoms with Crippen LogP contribution >= 0.6 is 34.8 Å². The lowest BCUT2D eigenvalue weighted by Crippen LogP contribution is -2.25. The Morgan fingerprint density at radius 2 is 1.15 bits per heavy atom. The van der Waals surface area contributed by atoms with E-state index in [0.717, 1.165) is 28.0 Å². The maximum absolute atomic E-state index is 14.6. The molecule has 1 aromatic heterocycles. The van der Waals surface area contributed by atoms with E-state index in [2.05, 4.69) is 4.57 Å². The number of aromatic nitrogens is 1. The molecule has 0 bridgehead atoms. The molecule has 13 heteroatoms. The Morgan fingerprint density at radius 3 is 1.69 bits per heavy atom. The second-order valence-corrected chi connectivity index (χ2v) is 14.5. The Kier molecular flexibility index (Phi) is 13.4. The lowest BCUT2D eigenvalue weighted by molar-refractivity contribution is -0.144. The van der Waals surface area contributed by atoms with Gasteiger partial charge in [-0.3, -0.25) is 4.79 Å². The first-order valence-corrected chi connectivity index (χ1v) is 17.9. The Hall–Kier alpha value is -4.90. The van der Waals surface area contributed by atoms with Crippen molar-refractivity contribution in [2.45, 2.75) is 22.7 Å². The summed E-state index contributed by atoms with van der Waals surface area (Å²) in [4.78, 5) is 14.6. The molecule has 0 spiro atoms. The minimum absolute atomic E-state index is 0.415. The number of halogens is 3. The molecule has 0 aliphatic heterocycles. The highest BCUT2D eigenvalue weighted by atomic mass is 35.6. The van der Waals surface area contributed by atoms with Crippen LogP contribution in [-0.4, -0.2) is 70.7 Å². The van der Waals surface area contributed by atoms with E-state index in [0.29, 0.717) is 64.3 Å². The maximum atomic E-state index is 14.6. The van der Waals surface area contributed by atoms with Crippen LogP contribution in [0.15, 0.2) is 85.1 Å². The van der Waals surface area contributed by atoms with Crippen molar-refractivity contribution >= 4 is 40.8 Å². The summed E-state index contributed by atoms with van der Waals surface area (Å²) < 4.78 is 45.3. The van der Waals surface area contributed by atoms with E-state index >= 15 is 0 Å². The van der Waals surface area contributed by atoms with E-state index in [9.17, 15) is 4.79 Å². The molecular formula is C41H42Cl3NO9. The lowest BCUT2D eigenvalue weighted by Gasteiger charge is -2.24. The fraction of sp³-hybridized carbons (Fsp3) is 0.293. The Morgan fingerprint density at radius 1 is 0.630 bits per heavy atom. The molecule has 5 aromatic rings. The number of ether oxygens (including phenoxy) is 8.